The van der Waals surface area contributed by atoms with E-state index in [9.17, 15) is 14.7 Å². The van der Waals surface area contributed by atoms with Crippen molar-refractivity contribution in [3.05, 3.63) is 71.8 Å². The molecule has 0 aliphatic rings. The van der Waals surface area contributed by atoms with Gasteiger partial charge in [-0.25, -0.2) is 4.79 Å². The maximum absolute atomic E-state index is 11.6. The summed E-state index contributed by atoms with van der Waals surface area (Å²) in [6, 6.07) is 18.5. The second-order valence-corrected chi connectivity index (χ2v) is 6.97. The Hall–Kier alpha value is -2.51. The van der Waals surface area contributed by atoms with Gasteiger partial charge in [0.25, 0.3) is 0 Å². The summed E-state index contributed by atoms with van der Waals surface area (Å²) in [6.07, 6.45) is -0.476. The van der Waals surface area contributed by atoms with Crippen molar-refractivity contribution >= 4 is 23.8 Å². The zero-order valence-corrected chi connectivity index (χ0v) is 15.8. The molecule has 1 amide bonds. The zero-order chi connectivity index (χ0) is 19.3. The predicted octanol–water partition coefficient (Wildman–Crippen LogP) is 2.89. The number of thioether (sulfide) groups is 1. The third kappa shape index (κ3) is 8.61. The highest BCUT2D eigenvalue weighted by molar-refractivity contribution is 7.99. The molecule has 0 radical (unpaired) electrons. The largest absolute Gasteiger partial charge is 0.480 e. The molecule has 6 nitrogen and oxygen atoms in total. The van der Waals surface area contributed by atoms with Crippen LogP contribution in [0.15, 0.2) is 60.7 Å². The van der Waals surface area contributed by atoms with Gasteiger partial charge in [-0.3, -0.25) is 10.1 Å². The van der Waals surface area contributed by atoms with Crippen molar-refractivity contribution in [2.24, 2.45) is 0 Å². The number of benzene rings is 2. The van der Waals surface area contributed by atoms with E-state index in [4.69, 9.17) is 4.74 Å². The van der Waals surface area contributed by atoms with Crippen LogP contribution in [0.25, 0.3) is 0 Å². The minimum absolute atomic E-state index is 0.226. The maximum atomic E-state index is 11.6. The molecule has 27 heavy (non-hydrogen) atoms. The summed E-state index contributed by atoms with van der Waals surface area (Å²) in [4.78, 5) is 23.0. The van der Waals surface area contributed by atoms with E-state index < -0.39 is 18.1 Å². The molecule has 1 atom stereocenters. The van der Waals surface area contributed by atoms with E-state index in [1.54, 1.807) is 0 Å². The fourth-order valence-electron chi connectivity index (χ4n) is 2.26. The van der Waals surface area contributed by atoms with Crippen molar-refractivity contribution in [1.82, 2.24) is 10.6 Å². The molecule has 0 aromatic heterocycles. The van der Waals surface area contributed by atoms with Gasteiger partial charge in [0.05, 0.1) is 0 Å². The first-order valence-corrected chi connectivity index (χ1v) is 9.83. The predicted molar refractivity (Wildman–Crippen MR) is 107 cm³/mol. The molecule has 0 heterocycles. The van der Waals surface area contributed by atoms with Gasteiger partial charge in [-0.15, -0.1) is 0 Å². The fraction of sp³-hybridized carbons (Fsp3) is 0.300. The summed E-state index contributed by atoms with van der Waals surface area (Å²) >= 11 is 1.47. The summed E-state index contributed by atoms with van der Waals surface area (Å²) in [5.41, 5.74) is 1.97. The monoisotopic (exact) mass is 388 g/mol. The number of amides is 1. The summed E-state index contributed by atoms with van der Waals surface area (Å²) in [7, 11) is 0. The van der Waals surface area contributed by atoms with Gasteiger partial charge in [0.15, 0.2) is 0 Å². The van der Waals surface area contributed by atoms with E-state index in [2.05, 4.69) is 10.6 Å². The molecule has 0 fully saturated rings. The van der Waals surface area contributed by atoms with Gasteiger partial charge in [-0.05, 0) is 11.1 Å². The molecule has 0 aliphatic carbocycles. The van der Waals surface area contributed by atoms with E-state index in [1.165, 1.54) is 11.8 Å². The summed E-state index contributed by atoms with van der Waals surface area (Å²) < 4.78 is 5.12. The Morgan fingerprint density at radius 3 is 2.26 bits per heavy atom. The van der Waals surface area contributed by atoms with Crippen molar-refractivity contribution in [2.45, 2.75) is 19.2 Å². The van der Waals surface area contributed by atoms with Crippen LogP contribution in [0.4, 0.5) is 4.79 Å². The lowest BCUT2D eigenvalue weighted by atomic mass is 10.2. The van der Waals surface area contributed by atoms with Crippen LogP contribution < -0.4 is 10.6 Å². The van der Waals surface area contributed by atoms with E-state index in [0.29, 0.717) is 24.6 Å². The van der Waals surface area contributed by atoms with Gasteiger partial charge in [0, 0.05) is 24.6 Å². The lowest BCUT2D eigenvalue weighted by molar-refractivity contribution is -0.138. The highest BCUT2D eigenvalue weighted by atomic mass is 32.2. The quantitative estimate of drug-likeness (QED) is 0.513. The second-order valence-electron chi connectivity index (χ2n) is 5.82. The first-order chi connectivity index (χ1) is 13.1. The molecule has 2 aromatic carbocycles. The molecule has 0 spiro atoms. The third-order valence-electron chi connectivity index (χ3n) is 3.71. The van der Waals surface area contributed by atoms with Crippen LogP contribution >= 0.6 is 11.8 Å². The average Bonchev–Trinajstić information content (AvgIpc) is 2.69. The topological polar surface area (TPSA) is 87.7 Å². The van der Waals surface area contributed by atoms with Crippen LogP contribution in [0, 0.1) is 0 Å². The van der Waals surface area contributed by atoms with Crippen LogP contribution in [0.1, 0.15) is 11.1 Å². The number of carbonyl (C=O) groups excluding carboxylic acids is 1. The highest BCUT2D eigenvalue weighted by Gasteiger charge is 2.16. The van der Waals surface area contributed by atoms with Gasteiger partial charge in [0.2, 0.25) is 0 Å². The summed E-state index contributed by atoms with van der Waals surface area (Å²) in [5, 5.41) is 15.0. The second kappa shape index (κ2) is 12.0. The van der Waals surface area contributed by atoms with Crippen LogP contribution in [0.5, 0.6) is 0 Å². The molecule has 0 saturated heterocycles. The first-order valence-electron chi connectivity index (χ1n) is 8.67. The van der Waals surface area contributed by atoms with Gasteiger partial charge in [-0.1, -0.05) is 60.7 Å². The summed E-state index contributed by atoms with van der Waals surface area (Å²) in [5.74, 6) is 0.147. The average molecular weight is 388 g/mol. The molecule has 144 valence electrons. The SMILES string of the molecule is O=C(NCCSCC(NCc1ccccc1)C(=O)O)OCc1ccccc1. The van der Waals surface area contributed by atoms with Gasteiger partial charge >= 0.3 is 12.1 Å². The molecule has 2 rings (SSSR count). The number of aliphatic carboxylic acids is 1. The molecule has 1 unspecified atom stereocenters. The molecule has 2 aromatic rings. The van der Waals surface area contributed by atoms with Crippen molar-refractivity contribution in [1.29, 1.82) is 0 Å². The molecular weight excluding hydrogens is 364 g/mol. The highest BCUT2D eigenvalue weighted by Crippen LogP contribution is 2.05. The minimum Gasteiger partial charge on any atom is -0.480 e. The molecular formula is C20H24N2O4S. The number of rotatable bonds is 11. The Morgan fingerprint density at radius 2 is 1.63 bits per heavy atom. The van der Waals surface area contributed by atoms with Crippen molar-refractivity contribution in [2.75, 3.05) is 18.1 Å². The number of carboxylic acid groups (broad SMARTS) is 1. The van der Waals surface area contributed by atoms with Crippen LogP contribution in [-0.2, 0) is 22.7 Å². The van der Waals surface area contributed by atoms with Crippen molar-refractivity contribution in [3.63, 3.8) is 0 Å². The number of carboxylic acids is 1. The minimum atomic E-state index is -0.881. The molecule has 3 N–H and O–H groups in total. The Bertz CT molecular complexity index is 698. The van der Waals surface area contributed by atoms with Crippen LogP contribution in [0.2, 0.25) is 0 Å². The van der Waals surface area contributed by atoms with E-state index in [-0.39, 0.29) is 6.61 Å². The smallest absolute Gasteiger partial charge is 0.407 e. The van der Waals surface area contributed by atoms with E-state index >= 15 is 0 Å². The number of ether oxygens (including phenoxy) is 1. The Morgan fingerprint density at radius 1 is 1.00 bits per heavy atom. The number of alkyl carbamates (subject to hydrolysis) is 1. The molecule has 0 aliphatic heterocycles. The molecule has 0 saturated carbocycles. The Kier molecular flexibility index (Phi) is 9.23. The normalized spacial score (nSPS) is 11.6. The zero-order valence-electron chi connectivity index (χ0n) is 15.0. The third-order valence-corrected chi connectivity index (χ3v) is 4.77. The first kappa shape index (κ1) is 20.8. The summed E-state index contributed by atoms with van der Waals surface area (Å²) in [6.45, 7) is 1.15. The number of nitrogens with one attached hydrogen (secondary N) is 2. The Balaban J connectivity index is 1.58. The molecule has 7 heteroatoms. The van der Waals surface area contributed by atoms with Gasteiger partial charge in [0.1, 0.15) is 12.6 Å². The number of carbonyl (C=O) groups is 2. The standard InChI is InChI=1S/C20H24N2O4S/c23-19(24)18(22-13-16-7-3-1-4-8-16)15-27-12-11-21-20(25)26-14-17-9-5-2-6-10-17/h1-10,18,22H,11-15H2,(H,21,25)(H,23,24). The van der Waals surface area contributed by atoms with Crippen LogP contribution in [0.3, 0.4) is 0 Å². The lowest BCUT2D eigenvalue weighted by Crippen LogP contribution is -2.38. The van der Waals surface area contributed by atoms with Crippen molar-refractivity contribution < 1.29 is 19.4 Å². The van der Waals surface area contributed by atoms with Crippen LogP contribution in [-0.4, -0.2) is 41.3 Å². The fourth-order valence-corrected chi connectivity index (χ4v) is 3.16. The number of hydrogen-bond acceptors (Lipinski definition) is 5. The Labute approximate surface area is 163 Å². The van der Waals surface area contributed by atoms with E-state index in [1.807, 2.05) is 60.7 Å². The van der Waals surface area contributed by atoms with Gasteiger partial charge < -0.3 is 15.2 Å². The molecule has 0 bridgehead atoms. The lowest BCUT2D eigenvalue weighted by Gasteiger charge is -2.14. The number of hydrogen-bond donors (Lipinski definition) is 3. The van der Waals surface area contributed by atoms with Crippen molar-refractivity contribution in [3.8, 4) is 0 Å². The van der Waals surface area contributed by atoms with E-state index in [0.717, 1.165) is 11.1 Å². The van der Waals surface area contributed by atoms with Gasteiger partial charge in [-0.2, -0.15) is 11.8 Å². The maximum Gasteiger partial charge on any atom is 0.407 e.